The van der Waals surface area contributed by atoms with E-state index in [-0.39, 0.29) is 0 Å². The first kappa shape index (κ1) is 6.67. The Labute approximate surface area is 69.3 Å². The van der Waals surface area contributed by atoms with E-state index >= 15 is 0 Å². The maximum absolute atomic E-state index is 4.10. The lowest BCUT2D eigenvalue weighted by Gasteiger charge is -1.97. The van der Waals surface area contributed by atoms with Gasteiger partial charge in [-0.2, -0.15) is 0 Å². The highest BCUT2D eigenvalue weighted by atomic mass is 32.2. The summed E-state index contributed by atoms with van der Waals surface area (Å²) in [5.41, 5.74) is 2.18. The van der Waals surface area contributed by atoms with E-state index in [2.05, 4.69) is 14.3 Å². The Morgan fingerprint density at radius 2 is 2.45 bits per heavy atom. The molecule has 0 N–H and O–H groups in total. The van der Waals surface area contributed by atoms with Gasteiger partial charge in [-0.1, -0.05) is 0 Å². The molecule has 0 saturated carbocycles. The first-order valence-electron chi connectivity index (χ1n) is 3.23. The third kappa shape index (κ3) is 1.21. The lowest BCUT2D eigenvalue weighted by Crippen LogP contribution is -1.88. The largest absolute Gasteiger partial charge is 0.286 e. The van der Waals surface area contributed by atoms with Gasteiger partial charge < -0.3 is 0 Å². The van der Waals surface area contributed by atoms with Crippen LogP contribution in [0.5, 0.6) is 0 Å². The van der Waals surface area contributed by atoms with Crippen LogP contribution in [0.1, 0.15) is 5.69 Å². The van der Waals surface area contributed by atoms with Crippen molar-refractivity contribution in [2.75, 3.05) is 6.26 Å². The van der Waals surface area contributed by atoms with Crippen LogP contribution in [0.3, 0.4) is 0 Å². The van der Waals surface area contributed by atoms with E-state index in [0.29, 0.717) is 0 Å². The van der Waals surface area contributed by atoms with Crippen molar-refractivity contribution in [3.8, 4) is 0 Å². The second kappa shape index (κ2) is 2.54. The summed E-state index contributed by atoms with van der Waals surface area (Å²) in [6.07, 6.45) is 7.39. The molecule has 0 fully saturated rings. The minimum atomic E-state index is 0.995. The molecule has 11 heavy (non-hydrogen) atoms. The van der Waals surface area contributed by atoms with Gasteiger partial charge in [-0.25, -0.2) is 9.97 Å². The molecule has 1 aromatic rings. The molecule has 0 spiro atoms. The molecule has 0 aromatic carbocycles. The molecule has 1 aliphatic rings. The van der Waals surface area contributed by atoms with E-state index in [4.69, 9.17) is 0 Å². The molecule has 4 heteroatoms. The summed E-state index contributed by atoms with van der Waals surface area (Å²) < 4.78 is 2.07. The van der Waals surface area contributed by atoms with Crippen LogP contribution < -0.4 is 0 Å². The summed E-state index contributed by atoms with van der Waals surface area (Å²) in [5.74, 6) is 0. The highest BCUT2D eigenvalue weighted by molar-refractivity contribution is 7.97. The molecule has 0 atom stereocenters. The zero-order valence-corrected chi connectivity index (χ0v) is 6.88. The Balaban J connectivity index is 2.15. The molecular formula is C7H7N3S. The third-order valence-electron chi connectivity index (χ3n) is 1.45. The van der Waals surface area contributed by atoms with Crippen molar-refractivity contribution in [2.45, 2.75) is 0 Å². The first-order chi connectivity index (χ1) is 5.42. The van der Waals surface area contributed by atoms with Crippen molar-refractivity contribution < 1.29 is 0 Å². The van der Waals surface area contributed by atoms with Crippen LogP contribution in [0, 0.1) is 0 Å². The number of nitrogens with zero attached hydrogens (tertiary/aromatic N) is 3. The van der Waals surface area contributed by atoms with Crippen LogP contribution in [0.4, 0.5) is 0 Å². The van der Waals surface area contributed by atoms with E-state index in [1.165, 1.54) is 5.70 Å². The van der Waals surface area contributed by atoms with E-state index in [0.717, 1.165) is 5.69 Å². The summed E-state index contributed by atoms with van der Waals surface area (Å²) in [7, 11) is 0. The maximum Gasteiger partial charge on any atom is 0.116 e. The fraction of sp³-hybridized carbons (Fsp3) is 0.143. The zero-order valence-electron chi connectivity index (χ0n) is 6.06. The molecule has 0 aliphatic carbocycles. The molecular weight excluding hydrogens is 158 g/mol. The number of aromatic nitrogens is 2. The van der Waals surface area contributed by atoms with Gasteiger partial charge in [-0.05, 0) is 18.0 Å². The second-order valence-electron chi connectivity index (χ2n) is 2.12. The standard InChI is InChI=1S/C7H7N3S/c1-11-10-4-7(10)6-2-3-8-5-9-6/h2-5H,1H3. The number of hydrogen-bond acceptors (Lipinski definition) is 4. The van der Waals surface area contributed by atoms with Gasteiger partial charge in [0.2, 0.25) is 0 Å². The molecule has 1 aromatic heterocycles. The highest BCUT2D eigenvalue weighted by Gasteiger charge is 2.22. The Hall–Kier alpha value is -1.03. The number of hydrogen-bond donors (Lipinski definition) is 0. The van der Waals surface area contributed by atoms with Gasteiger partial charge in [0.15, 0.2) is 0 Å². The van der Waals surface area contributed by atoms with Crippen LogP contribution >= 0.6 is 11.9 Å². The molecule has 1 aliphatic heterocycles. The van der Waals surface area contributed by atoms with Crippen molar-refractivity contribution >= 4 is 17.6 Å². The quantitative estimate of drug-likeness (QED) is 0.619. The van der Waals surface area contributed by atoms with Gasteiger partial charge >= 0.3 is 0 Å². The van der Waals surface area contributed by atoms with E-state index in [1.54, 1.807) is 24.5 Å². The fourth-order valence-corrected chi connectivity index (χ4v) is 1.35. The van der Waals surface area contributed by atoms with Crippen molar-refractivity contribution in [2.24, 2.45) is 0 Å². The summed E-state index contributed by atoms with van der Waals surface area (Å²) in [6, 6.07) is 1.90. The lowest BCUT2D eigenvalue weighted by molar-refractivity contribution is 1.03. The van der Waals surface area contributed by atoms with Gasteiger partial charge in [-0.15, -0.1) is 0 Å². The van der Waals surface area contributed by atoms with Gasteiger partial charge in [0.05, 0.1) is 11.4 Å². The maximum atomic E-state index is 4.10. The van der Waals surface area contributed by atoms with Gasteiger partial charge in [0.1, 0.15) is 6.33 Å². The van der Waals surface area contributed by atoms with E-state index in [9.17, 15) is 0 Å². The third-order valence-corrected chi connectivity index (χ3v) is 2.15. The molecule has 56 valence electrons. The van der Waals surface area contributed by atoms with Crippen LogP contribution in [-0.2, 0) is 0 Å². The molecule has 2 rings (SSSR count). The first-order valence-corrected chi connectivity index (χ1v) is 4.41. The summed E-state index contributed by atoms with van der Waals surface area (Å²) in [5, 5.41) is 0. The molecule has 0 unspecified atom stereocenters. The summed E-state index contributed by atoms with van der Waals surface area (Å²) >= 11 is 1.67. The molecule has 3 nitrogen and oxygen atoms in total. The van der Waals surface area contributed by atoms with Crippen LogP contribution in [0.2, 0.25) is 0 Å². The Morgan fingerprint density at radius 3 is 3.00 bits per heavy atom. The summed E-state index contributed by atoms with van der Waals surface area (Å²) in [4.78, 5) is 7.95. The highest BCUT2D eigenvalue weighted by Crippen LogP contribution is 2.35. The fourth-order valence-electron chi connectivity index (χ4n) is 0.854. The minimum Gasteiger partial charge on any atom is -0.286 e. The Morgan fingerprint density at radius 1 is 1.55 bits per heavy atom. The van der Waals surface area contributed by atoms with Gasteiger partial charge in [0.25, 0.3) is 0 Å². The van der Waals surface area contributed by atoms with Crippen molar-refractivity contribution in [1.82, 2.24) is 14.3 Å². The summed E-state index contributed by atoms with van der Waals surface area (Å²) in [6.45, 7) is 0. The van der Waals surface area contributed by atoms with Gasteiger partial charge in [0, 0.05) is 18.7 Å². The van der Waals surface area contributed by atoms with Crippen molar-refractivity contribution in [3.63, 3.8) is 0 Å². The average molecular weight is 165 g/mol. The smallest absolute Gasteiger partial charge is 0.116 e. The van der Waals surface area contributed by atoms with Crippen LogP contribution in [0.15, 0.2) is 24.8 Å². The predicted octanol–water partition coefficient (Wildman–Crippen LogP) is 1.37. The molecule has 0 radical (unpaired) electrons. The zero-order chi connectivity index (χ0) is 7.68. The minimum absolute atomic E-state index is 0.995. The van der Waals surface area contributed by atoms with Crippen molar-refractivity contribution in [1.29, 1.82) is 0 Å². The van der Waals surface area contributed by atoms with Crippen LogP contribution in [-0.4, -0.2) is 20.5 Å². The average Bonchev–Trinajstić information content (AvgIpc) is 2.85. The topological polar surface area (TPSA) is 28.8 Å². The molecule has 0 amide bonds. The predicted molar refractivity (Wildman–Crippen MR) is 45.4 cm³/mol. The SMILES string of the molecule is CSN1C=C1c1ccncn1. The molecule has 2 heterocycles. The lowest BCUT2D eigenvalue weighted by atomic mass is 10.4. The van der Waals surface area contributed by atoms with E-state index in [1.807, 2.05) is 18.5 Å². The van der Waals surface area contributed by atoms with Crippen LogP contribution in [0.25, 0.3) is 5.70 Å². The monoisotopic (exact) mass is 165 g/mol. The van der Waals surface area contributed by atoms with E-state index < -0.39 is 0 Å². The molecule has 0 saturated heterocycles. The normalized spacial score (nSPS) is 14.6. The Kier molecular flexibility index (Phi) is 1.54. The van der Waals surface area contributed by atoms with Gasteiger partial charge in [-0.3, -0.25) is 4.31 Å². The molecule has 0 bridgehead atoms. The van der Waals surface area contributed by atoms with Crippen molar-refractivity contribution in [3.05, 3.63) is 30.5 Å². The second-order valence-corrected chi connectivity index (χ2v) is 2.88. The number of rotatable bonds is 2. The Bertz CT molecular complexity index is 283.